The molecule has 164 valence electrons. The van der Waals surface area contributed by atoms with Crippen molar-refractivity contribution in [1.29, 1.82) is 5.26 Å². The molecule has 3 aliphatic heterocycles. The molecule has 2 atom stereocenters. The van der Waals surface area contributed by atoms with Crippen LogP contribution in [-0.4, -0.2) is 81.2 Å². The van der Waals surface area contributed by atoms with Gasteiger partial charge in [0.2, 0.25) is 5.95 Å². The number of nitrogens with zero attached hydrogens (tertiary/aromatic N) is 7. The Morgan fingerprint density at radius 2 is 2.16 bits per heavy atom. The summed E-state index contributed by atoms with van der Waals surface area (Å²) in [5, 5.41) is 13.7. The van der Waals surface area contributed by atoms with Crippen molar-refractivity contribution in [3.05, 3.63) is 23.5 Å². The minimum atomic E-state index is -0.716. The first kappa shape index (κ1) is 20.5. The Morgan fingerprint density at radius 3 is 2.90 bits per heavy atom. The van der Waals surface area contributed by atoms with Crippen LogP contribution >= 0.6 is 11.5 Å². The van der Waals surface area contributed by atoms with Crippen molar-refractivity contribution in [1.82, 2.24) is 24.1 Å². The average Bonchev–Trinajstić information content (AvgIpc) is 3.29. The largest absolute Gasteiger partial charge is 0.352 e. The predicted molar refractivity (Wildman–Crippen MR) is 119 cm³/mol. The van der Waals surface area contributed by atoms with E-state index in [1.54, 1.807) is 0 Å². The van der Waals surface area contributed by atoms with Gasteiger partial charge < -0.3 is 10.2 Å². The van der Waals surface area contributed by atoms with Crippen LogP contribution in [0.3, 0.4) is 0 Å². The van der Waals surface area contributed by atoms with Crippen molar-refractivity contribution in [2.24, 2.45) is 0 Å². The van der Waals surface area contributed by atoms with Crippen molar-refractivity contribution in [2.45, 2.75) is 44.4 Å². The lowest BCUT2D eigenvalue weighted by atomic mass is 9.83. The molecule has 10 heteroatoms. The molecule has 0 radical (unpaired) electrons. The highest BCUT2D eigenvalue weighted by Gasteiger charge is 2.51. The van der Waals surface area contributed by atoms with Gasteiger partial charge in [-0.25, -0.2) is 9.37 Å². The second-order valence-corrected chi connectivity index (χ2v) is 9.81. The summed E-state index contributed by atoms with van der Waals surface area (Å²) >= 11 is 1.39. The fraction of sp³-hybridized carbons (Fsp3) is 0.619. The molecule has 0 aromatic carbocycles. The monoisotopic (exact) mass is 442 g/mol. The summed E-state index contributed by atoms with van der Waals surface area (Å²) < 4.78 is 18.2. The summed E-state index contributed by atoms with van der Waals surface area (Å²) in [5.41, 5.74) is 1.79. The lowest BCUT2D eigenvalue weighted by Crippen LogP contribution is -2.73. The van der Waals surface area contributed by atoms with Crippen LogP contribution in [0.2, 0.25) is 0 Å². The average molecular weight is 443 g/mol. The molecule has 5 heterocycles. The van der Waals surface area contributed by atoms with E-state index in [2.05, 4.69) is 35.4 Å². The van der Waals surface area contributed by atoms with Crippen LogP contribution in [0.5, 0.6) is 0 Å². The van der Waals surface area contributed by atoms with Gasteiger partial charge >= 0.3 is 0 Å². The smallest absolute Gasteiger partial charge is 0.229 e. The van der Waals surface area contributed by atoms with E-state index < -0.39 is 6.17 Å². The third-order valence-electron chi connectivity index (χ3n) is 6.72. The highest BCUT2D eigenvalue weighted by Crippen LogP contribution is 2.38. The van der Waals surface area contributed by atoms with Gasteiger partial charge in [-0.1, -0.05) is 0 Å². The third-order valence-corrected chi connectivity index (χ3v) is 7.52. The summed E-state index contributed by atoms with van der Waals surface area (Å²) in [6.45, 7) is 8.65. The summed E-state index contributed by atoms with van der Waals surface area (Å²) in [6.07, 6.45) is 2.21. The number of nitrogens with one attached hydrogen (secondary N) is 1. The fourth-order valence-corrected chi connectivity index (χ4v) is 5.80. The molecule has 3 saturated heterocycles. The molecule has 0 amide bonds. The Labute approximate surface area is 185 Å². The normalized spacial score (nSPS) is 25.7. The number of nitriles is 1. The minimum absolute atomic E-state index is 0.186. The van der Waals surface area contributed by atoms with Crippen LogP contribution in [0.1, 0.15) is 24.1 Å². The number of halogens is 1. The lowest BCUT2D eigenvalue weighted by Gasteiger charge is -2.58. The van der Waals surface area contributed by atoms with E-state index in [4.69, 9.17) is 4.98 Å². The fourth-order valence-electron chi connectivity index (χ4n) is 5.14. The summed E-state index contributed by atoms with van der Waals surface area (Å²) in [6, 6.07) is 4.65. The SMILES string of the molecule is Cc1cc(Nc2ncc(C)c(N3CC(CC#N)(N4CCN5C[C@H](F)C[C@H]5C4)C3)n2)sn1. The minimum Gasteiger partial charge on any atom is -0.352 e. The van der Waals surface area contributed by atoms with Crippen LogP contribution in [0.4, 0.5) is 21.2 Å². The Kier molecular flexibility index (Phi) is 5.28. The van der Waals surface area contributed by atoms with Gasteiger partial charge in [-0.2, -0.15) is 14.6 Å². The molecule has 0 unspecified atom stereocenters. The Bertz CT molecular complexity index is 998. The van der Waals surface area contributed by atoms with Crippen molar-refractivity contribution in [2.75, 3.05) is 49.5 Å². The van der Waals surface area contributed by atoms with Crippen LogP contribution in [0.25, 0.3) is 0 Å². The molecule has 0 spiro atoms. The zero-order valence-corrected chi connectivity index (χ0v) is 18.7. The summed E-state index contributed by atoms with van der Waals surface area (Å²) in [5.74, 6) is 1.45. The van der Waals surface area contributed by atoms with Crippen LogP contribution < -0.4 is 10.2 Å². The molecular formula is C21H27FN8S. The summed E-state index contributed by atoms with van der Waals surface area (Å²) in [4.78, 5) is 16.1. The second-order valence-electron chi connectivity index (χ2n) is 9.00. The van der Waals surface area contributed by atoms with Gasteiger partial charge in [0.25, 0.3) is 0 Å². The standard InChI is InChI=1S/C21H27FN8S/c1-14-9-24-20(25-18-7-15(2)27-31-18)26-19(14)29-12-21(13-29,3-4-23)30-6-5-28-10-16(22)8-17(28)11-30/h7,9,16-17H,3,5-6,8,10-13H2,1-2H3,(H,24,25,26)/t16-,17+/m1/s1. The first-order chi connectivity index (χ1) is 15.0. The zero-order chi connectivity index (χ0) is 21.6. The maximum absolute atomic E-state index is 13.9. The van der Waals surface area contributed by atoms with Gasteiger partial charge in [-0.3, -0.25) is 9.80 Å². The molecule has 8 nitrogen and oxygen atoms in total. The van der Waals surface area contributed by atoms with E-state index in [9.17, 15) is 9.65 Å². The van der Waals surface area contributed by atoms with Gasteiger partial charge in [0.1, 0.15) is 17.0 Å². The third kappa shape index (κ3) is 3.86. The number of aromatic nitrogens is 3. The molecule has 0 saturated carbocycles. The predicted octanol–water partition coefficient (Wildman–Crippen LogP) is 2.49. The van der Waals surface area contributed by atoms with E-state index in [1.165, 1.54) is 11.5 Å². The molecule has 5 rings (SSSR count). The number of anilines is 3. The van der Waals surface area contributed by atoms with E-state index in [0.717, 1.165) is 54.8 Å². The van der Waals surface area contributed by atoms with E-state index >= 15 is 0 Å². The van der Waals surface area contributed by atoms with Crippen molar-refractivity contribution >= 4 is 28.3 Å². The molecule has 2 aromatic rings. The van der Waals surface area contributed by atoms with Crippen molar-refractivity contribution in [3.8, 4) is 6.07 Å². The molecule has 3 aliphatic rings. The Balaban J connectivity index is 1.30. The maximum atomic E-state index is 13.9. The number of rotatable bonds is 5. The van der Waals surface area contributed by atoms with Crippen molar-refractivity contribution in [3.63, 3.8) is 0 Å². The first-order valence-electron chi connectivity index (χ1n) is 10.7. The quantitative estimate of drug-likeness (QED) is 0.756. The van der Waals surface area contributed by atoms with Crippen LogP contribution in [0.15, 0.2) is 12.3 Å². The molecule has 1 N–H and O–H groups in total. The molecule has 0 aliphatic carbocycles. The number of fused-ring (bicyclic) bond motifs is 1. The van der Waals surface area contributed by atoms with Crippen molar-refractivity contribution < 1.29 is 4.39 Å². The maximum Gasteiger partial charge on any atom is 0.229 e. The topological polar surface area (TPSA) is 84.2 Å². The van der Waals surface area contributed by atoms with Gasteiger partial charge in [-0.15, -0.1) is 0 Å². The van der Waals surface area contributed by atoms with E-state index in [0.29, 0.717) is 25.3 Å². The Hall–Kier alpha value is -2.35. The van der Waals surface area contributed by atoms with Gasteiger partial charge in [-0.05, 0) is 37.9 Å². The van der Waals surface area contributed by atoms with Crippen LogP contribution in [-0.2, 0) is 0 Å². The van der Waals surface area contributed by atoms with E-state index in [1.807, 2.05) is 26.1 Å². The van der Waals surface area contributed by atoms with Gasteiger partial charge in [0, 0.05) is 57.1 Å². The molecule has 31 heavy (non-hydrogen) atoms. The van der Waals surface area contributed by atoms with Gasteiger partial charge in [0.15, 0.2) is 0 Å². The number of hydrogen-bond donors (Lipinski definition) is 1. The molecule has 3 fully saturated rings. The summed E-state index contributed by atoms with van der Waals surface area (Å²) in [7, 11) is 0. The number of piperazine rings is 1. The number of hydrogen-bond acceptors (Lipinski definition) is 9. The van der Waals surface area contributed by atoms with Crippen LogP contribution in [0, 0.1) is 25.2 Å². The zero-order valence-electron chi connectivity index (χ0n) is 17.9. The first-order valence-corrected chi connectivity index (χ1v) is 11.5. The number of aryl methyl sites for hydroxylation is 2. The molecule has 2 aromatic heterocycles. The van der Waals surface area contributed by atoms with Gasteiger partial charge in [0.05, 0.1) is 23.7 Å². The Morgan fingerprint density at radius 1 is 1.32 bits per heavy atom. The highest BCUT2D eigenvalue weighted by molar-refractivity contribution is 7.10. The highest BCUT2D eigenvalue weighted by atomic mass is 32.1. The van der Waals surface area contributed by atoms with E-state index in [-0.39, 0.29) is 11.6 Å². The second kappa shape index (κ2) is 7.97. The molecular weight excluding hydrogens is 415 g/mol. The molecule has 0 bridgehead atoms. The lowest BCUT2D eigenvalue weighted by molar-refractivity contribution is -0.000627. The number of alkyl halides is 1.